The van der Waals surface area contributed by atoms with Crippen molar-refractivity contribution in [1.82, 2.24) is 4.98 Å². The van der Waals surface area contributed by atoms with Gasteiger partial charge in [-0.15, -0.1) is 0 Å². The van der Waals surface area contributed by atoms with E-state index in [-0.39, 0.29) is 5.56 Å². The minimum Gasteiger partial charge on any atom is -0.289 e. The number of carbonyl (C=O) groups is 1. The summed E-state index contributed by atoms with van der Waals surface area (Å²) in [5, 5.41) is 0. The van der Waals surface area contributed by atoms with Crippen LogP contribution in [0.2, 0.25) is 0 Å². The fourth-order valence-corrected chi connectivity index (χ4v) is 0.838. The minimum atomic E-state index is -4.88. The van der Waals surface area contributed by atoms with Crippen molar-refractivity contribution < 1.29 is 22.4 Å². The lowest BCUT2D eigenvalue weighted by Gasteiger charge is -2.04. The highest BCUT2D eigenvalue weighted by molar-refractivity contribution is 5.85. The van der Waals surface area contributed by atoms with Gasteiger partial charge >= 0.3 is 6.18 Å². The molecular formula is C8H5F4NO. The summed E-state index contributed by atoms with van der Waals surface area (Å²) in [6, 6.07) is 0.844. The summed E-state index contributed by atoms with van der Waals surface area (Å²) < 4.78 is 47.8. The smallest absolute Gasteiger partial charge is 0.289 e. The molecule has 6 heteroatoms. The van der Waals surface area contributed by atoms with Crippen LogP contribution in [-0.4, -0.2) is 16.9 Å². The maximum atomic E-state index is 12.5. The maximum Gasteiger partial charge on any atom is 0.450 e. The van der Waals surface area contributed by atoms with Crippen molar-refractivity contribution in [2.24, 2.45) is 0 Å². The lowest BCUT2D eigenvalue weighted by Crippen LogP contribution is -2.24. The van der Waals surface area contributed by atoms with Crippen LogP contribution in [0.3, 0.4) is 0 Å². The van der Waals surface area contributed by atoms with Crippen LogP contribution in [0.4, 0.5) is 17.6 Å². The highest BCUT2D eigenvalue weighted by Crippen LogP contribution is 2.18. The number of Topliss-reactive ketones (excluding diaryl/α,β-unsaturated/α-hetero) is 1. The van der Waals surface area contributed by atoms with Crippen LogP contribution in [0.15, 0.2) is 18.5 Å². The standard InChI is InChI=1S/C8H5F4NO/c9-6-1-5(3-13-4-6)2-7(14)8(10,11)12/h1,3-4H,2H2. The Bertz CT molecular complexity index is 347. The van der Waals surface area contributed by atoms with E-state index in [1.54, 1.807) is 0 Å². The topological polar surface area (TPSA) is 30.0 Å². The second-order valence-electron chi connectivity index (χ2n) is 2.61. The molecule has 0 unspecified atom stereocenters. The highest BCUT2D eigenvalue weighted by Gasteiger charge is 2.37. The zero-order valence-corrected chi connectivity index (χ0v) is 6.81. The summed E-state index contributed by atoms with van der Waals surface area (Å²) in [4.78, 5) is 13.8. The van der Waals surface area contributed by atoms with Gasteiger partial charge in [-0.05, 0) is 11.6 Å². The number of pyridine rings is 1. The summed E-state index contributed by atoms with van der Waals surface area (Å²) in [7, 11) is 0. The fourth-order valence-electron chi connectivity index (χ4n) is 0.838. The van der Waals surface area contributed by atoms with E-state index in [0.29, 0.717) is 0 Å². The number of rotatable bonds is 2. The van der Waals surface area contributed by atoms with Gasteiger partial charge < -0.3 is 0 Å². The Morgan fingerprint density at radius 2 is 2.00 bits per heavy atom. The van der Waals surface area contributed by atoms with E-state index < -0.39 is 24.2 Å². The average molecular weight is 207 g/mol. The van der Waals surface area contributed by atoms with Crippen LogP contribution in [0.1, 0.15) is 5.56 Å². The van der Waals surface area contributed by atoms with Crippen molar-refractivity contribution in [3.63, 3.8) is 0 Å². The number of hydrogen-bond acceptors (Lipinski definition) is 2. The van der Waals surface area contributed by atoms with E-state index in [4.69, 9.17) is 0 Å². The molecule has 0 spiro atoms. The summed E-state index contributed by atoms with van der Waals surface area (Å²) in [5.41, 5.74) is -0.0904. The van der Waals surface area contributed by atoms with E-state index in [9.17, 15) is 22.4 Å². The Hall–Kier alpha value is -1.46. The third kappa shape index (κ3) is 2.79. The molecule has 1 aromatic heterocycles. The van der Waals surface area contributed by atoms with Gasteiger partial charge in [-0.3, -0.25) is 9.78 Å². The Morgan fingerprint density at radius 1 is 1.36 bits per heavy atom. The SMILES string of the molecule is O=C(Cc1cncc(F)c1)C(F)(F)F. The molecule has 1 rings (SSSR count). The first-order valence-corrected chi connectivity index (χ1v) is 3.59. The van der Waals surface area contributed by atoms with Gasteiger partial charge in [0, 0.05) is 12.6 Å². The van der Waals surface area contributed by atoms with Gasteiger partial charge in [0.1, 0.15) is 5.82 Å². The predicted molar refractivity (Wildman–Crippen MR) is 39.0 cm³/mol. The molecule has 0 fully saturated rings. The molecule has 0 saturated heterocycles. The molecule has 76 valence electrons. The molecule has 0 aliphatic heterocycles. The first kappa shape index (κ1) is 10.6. The van der Waals surface area contributed by atoms with Crippen molar-refractivity contribution in [2.45, 2.75) is 12.6 Å². The largest absolute Gasteiger partial charge is 0.450 e. The molecule has 1 heterocycles. The second-order valence-corrected chi connectivity index (χ2v) is 2.61. The number of aromatic nitrogens is 1. The third-order valence-electron chi connectivity index (χ3n) is 1.44. The molecular weight excluding hydrogens is 202 g/mol. The number of hydrogen-bond donors (Lipinski definition) is 0. The van der Waals surface area contributed by atoms with Crippen LogP contribution < -0.4 is 0 Å². The lowest BCUT2D eigenvalue weighted by molar-refractivity contribution is -0.170. The zero-order valence-electron chi connectivity index (χ0n) is 6.81. The van der Waals surface area contributed by atoms with Crippen LogP contribution in [-0.2, 0) is 11.2 Å². The van der Waals surface area contributed by atoms with E-state index in [1.807, 2.05) is 0 Å². The molecule has 0 amide bonds. The second kappa shape index (κ2) is 3.73. The number of ketones is 1. The van der Waals surface area contributed by atoms with Gasteiger partial charge in [-0.2, -0.15) is 13.2 Å². The molecule has 0 aliphatic rings. The van der Waals surface area contributed by atoms with Gasteiger partial charge in [-0.1, -0.05) is 0 Å². The molecule has 0 aliphatic carbocycles. The summed E-state index contributed by atoms with van der Waals surface area (Å²) in [5.74, 6) is -2.68. The number of nitrogens with zero attached hydrogens (tertiary/aromatic N) is 1. The molecule has 1 aromatic rings. The Morgan fingerprint density at radius 3 is 2.50 bits per heavy atom. The molecule has 0 radical (unpaired) electrons. The predicted octanol–water partition coefficient (Wildman–Crippen LogP) is 1.89. The average Bonchev–Trinajstić information content (AvgIpc) is 2.02. The lowest BCUT2D eigenvalue weighted by atomic mass is 10.1. The fraction of sp³-hybridized carbons (Fsp3) is 0.250. The molecule has 0 aromatic carbocycles. The normalized spacial score (nSPS) is 11.4. The van der Waals surface area contributed by atoms with Crippen LogP contribution in [0, 0.1) is 5.82 Å². The summed E-state index contributed by atoms with van der Waals surface area (Å²) in [6.07, 6.45) is -3.89. The third-order valence-corrected chi connectivity index (χ3v) is 1.44. The molecule has 14 heavy (non-hydrogen) atoms. The Labute approximate surface area is 76.6 Å². The minimum absolute atomic E-state index is 0.0904. The molecule has 0 saturated carbocycles. The van der Waals surface area contributed by atoms with Crippen molar-refractivity contribution >= 4 is 5.78 Å². The van der Waals surface area contributed by atoms with Crippen molar-refractivity contribution in [2.75, 3.05) is 0 Å². The molecule has 2 nitrogen and oxygen atoms in total. The van der Waals surface area contributed by atoms with E-state index >= 15 is 0 Å². The number of alkyl halides is 3. The van der Waals surface area contributed by atoms with Gasteiger partial charge in [0.15, 0.2) is 0 Å². The van der Waals surface area contributed by atoms with Gasteiger partial charge in [0.2, 0.25) is 5.78 Å². The summed E-state index contributed by atoms with van der Waals surface area (Å²) >= 11 is 0. The quantitative estimate of drug-likeness (QED) is 0.693. The van der Waals surface area contributed by atoms with E-state index in [1.165, 1.54) is 0 Å². The van der Waals surface area contributed by atoms with Crippen molar-refractivity contribution in [1.29, 1.82) is 0 Å². The number of halogens is 4. The van der Waals surface area contributed by atoms with Crippen LogP contribution >= 0.6 is 0 Å². The van der Waals surface area contributed by atoms with Crippen LogP contribution in [0.5, 0.6) is 0 Å². The van der Waals surface area contributed by atoms with Gasteiger partial charge in [0.25, 0.3) is 0 Å². The number of carbonyl (C=O) groups excluding carboxylic acids is 1. The Balaban J connectivity index is 2.75. The summed E-state index contributed by atoms with van der Waals surface area (Å²) in [6.45, 7) is 0. The Kier molecular flexibility index (Phi) is 2.83. The van der Waals surface area contributed by atoms with Crippen molar-refractivity contribution in [3.8, 4) is 0 Å². The van der Waals surface area contributed by atoms with Gasteiger partial charge in [-0.25, -0.2) is 4.39 Å². The first-order chi connectivity index (χ1) is 6.39. The van der Waals surface area contributed by atoms with Crippen LogP contribution in [0.25, 0.3) is 0 Å². The highest BCUT2D eigenvalue weighted by atomic mass is 19.4. The molecule has 0 N–H and O–H groups in total. The molecule has 0 bridgehead atoms. The first-order valence-electron chi connectivity index (χ1n) is 3.59. The maximum absolute atomic E-state index is 12.5. The van der Waals surface area contributed by atoms with E-state index in [2.05, 4.69) is 4.98 Å². The monoisotopic (exact) mass is 207 g/mol. The molecule has 0 atom stereocenters. The van der Waals surface area contributed by atoms with Gasteiger partial charge in [0.05, 0.1) is 6.20 Å². The zero-order chi connectivity index (χ0) is 10.8. The van der Waals surface area contributed by atoms with Crippen molar-refractivity contribution in [3.05, 3.63) is 29.8 Å². The van der Waals surface area contributed by atoms with E-state index in [0.717, 1.165) is 18.5 Å².